The van der Waals surface area contributed by atoms with Gasteiger partial charge in [0.15, 0.2) is 11.5 Å². The van der Waals surface area contributed by atoms with Gasteiger partial charge in [-0.15, -0.1) is 0 Å². The van der Waals surface area contributed by atoms with E-state index in [-0.39, 0.29) is 11.2 Å². The number of nitrogens with zero attached hydrogens (tertiary/aromatic N) is 1. The van der Waals surface area contributed by atoms with Crippen molar-refractivity contribution in [2.24, 2.45) is 5.41 Å². The fourth-order valence-electron chi connectivity index (χ4n) is 1.55. The van der Waals surface area contributed by atoms with E-state index in [0.717, 1.165) is 12.2 Å². The SMILES string of the molecule is C=C/C(=C(/OCC1(C)CC1)C(C)=O)N(C)CC. The van der Waals surface area contributed by atoms with Gasteiger partial charge in [0.1, 0.15) is 0 Å². The van der Waals surface area contributed by atoms with Crippen LogP contribution in [0.4, 0.5) is 0 Å². The van der Waals surface area contributed by atoms with Crippen LogP contribution in [0, 0.1) is 5.41 Å². The second kappa shape index (κ2) is 5.39. The van der Waals surface area contributed by atoms with Gasteiger partial charge in [-0.1, -0.05) is 13.5 Å². The van der Waals surface area contributed by atoms with Crippen LogP contribution < -0.4 is 0 Å². The predicted molar refractivity (Wildman–Crippen MR) is 69.5 cm³/mol. The number of hydrogen-bond donors (Lipinski definition) is 0. The highest BCUT2D eigenvalue weighted by Gasteiger charge is 2.38. The molecule has 3 nitrogen and oxygen atoms in total. The summed E-state index contributed by atoms with van der Waals surface area (Å²) in [5.74, 6) is 0.405. The highest BCUT2D eigenvalue weighted by atomic mass is 16.5. The van der Waals surface area contributed by atoms with Crippen LogP contribution in [-0.4, -0.2) is 30.9 Å². The van der Waals surface area contributed by atoms with Crippen LogP contribution in [0.1, 0.15) is 33.6 Å². The lowest BCUT2D eigenvalue weighted by atomic mass is 10.1. The van der Waals surface area contributed by atoms with Crippen LogP contribution in [0.3, 0.4) is 0 Å². The highest BCUT2D eigenvalue weighted by molar-refractivity contribution is 5.92. The molecule has 0 saturated heterocycles. The van der Waals surface area contributed by atoms with Gasteiger partial charge in [-0.3, -0.25) is 4.79 Å². The highest BCUT2D eigenvalue weighted by Crippen LogP contribution is 2.45. The normalized spacial score (nSPS) is 18.1. The number of rotatable bonds is 7. The molecule has 0 N–H and O–H groups in total. The zero-order valence-electron chi connectivity index (χ0n) is 11.4. The van der Waals surface area contributed by atoms with Crippen molar-refractivity contribution in [3.8, 4) is 0 Å². The second-order valence-corrected chi connectivity index (χ2v) is 5.09. The molecular formula is C14H23NO2. The molecule has 1 saturated carbocycles. The number of carbonyl (C=O) groups is 1. The number of likely N-dealkylation sites (N-methyl/N-ethyl adjacent to an activating group) is 1. The van der Waals surface area contributed by atoms with Gasteiger partial charge < -0.3 is 9.64 Å². The Morgan fingerprint density at radius 3 is 2.47 bits per heavy atom. The third-order valence-electron chi connectivity index (χ3n) is 3.30. The van der Waals surface area contributed by atoms with Crippen molar-refractivity contribution in [1.29, 1.82) is 0 Å². The van der Waals surface area contributed by atoms with Gasteiger partial charge in [-0.2, -0.15) is 0 Å². The number of ether oxygens (including phenoxy) is 1. The van der Waals surface area contributed by atoms with Crippen molar-refractivity contribution < 1.29 is 9.53 Å². The molecular weight excluding hydrogens is 214 g/mol. The van der Waals surface area contributed by atoms with E-state index in [1.807, 2.05) is 18.9 Å². The molecule has 0 aromatic rings. The molecule has 1 rings (SSSR count). The number of carbonyl (C=O) groups excluding carboxylic acids is 1. The molecule has 0 aromatic carbocycles. The van der Waals surface area contributed by atoms with Crippen molar-refractivity contribution in [3.05, 3.63) is 24.1 Å². The molecule has 0 unspecified atom stereocenters. The molecule has 1 aliphatic carbocycles. The standard InChI is InChI=1S/C14H23NO2/c1-6-12(15(5)7-2)13(11(3)16)17-10-14(4)8-9-14/h6H,1,7-10H2,2-5H3/b13-12-. The van der Waals surface area contributed by atoms with Gasteiger partial charge in [-0.05, 0) is 25.8 Å². The summed E-state index contributed by atoms with van der Waals surface area (Å²) in [6.45, 7) is 11.0. The first-order valence-electron chi connectivity index (χ1n) is 6.15. The summed E-state index contributed by atoms with van der Waals surface area (Å²) in [6.07, 6.45) is 4.06. The van der Waals surface area contributed by atoms with E-state index in [9.17, 15) is 4.79 Å². The van der Waals surface area contributed by atoms with E-state index in [1.165, 1.54) is 19.8 Å². The van der Waals surface area contributed by atoms with Crippen LogP contribution in [0.25, 0.3) is 0 Å². The molecule has 0 bridgehead atoms. The molecule has 0 amide bonds. The quantitative estimate of drug-likeness (QED) is 0.387. The minimum Gasteiger partial charge on any atom is -0.487 e. The molecule has 1 aliphatic rings. The first-order chi connectivity index (χ1) is 7.93. The molecule has 3 heteroatoms. The molecule has 1 fully saturated rings. The molecule has 0 atom stereocenters. The smallest absolute Gasteiger partial charge is 0.196 e. The van der Waals surface area contributed by atoms with Gasteiger partial charge in [0, 0.05) is 25.9 Å². The summed E-state index contributed by atoms with van der Waals surface area (Å²) in [4.78, 5) is 13.6. The van der Waals surface area contributed by atoms with Crippen LogP contribution in [-0.2, 0) is 9.53 Å². The molecule has 0 heterocycles. The third kappa shape index (κ3) is 3.62. The van der Waals surface area contributed by atoms with Gasteiger partial charge in [-0.25, -0.2) is 0 Å². The maximum Gasteiger partial charge on any atom is 0.196 e. The van der Waals surface area contributed by atoms with E-state index in [4.69, 9.17) is 4.74 Å². The fraction of sp³-hybridized carbons (Fsp3) is 0.643. The van der Waals surface area contributed by atoms with Gasteiger partial charge >= 0.3 is 0 Å². The molecule has 96 valence electrons. The van der Waals surface area contributed by atoms with Crippen molar-refractivity contribution in [2.45, 2.75) is 33.6 Å². The fourth-order valence-corrected chi connectivity index (χ4v) is 1.55. The lowest BCUT2D eigenvalue weighted by Crippen LogP contribution is -2.22. The maximum absolute atomic E-state index is 11.6. The Kier molecular flexibility index (Phi) is 4.38. The van der Waals surface area contributed by atoms with E-state index >= 15 is 0 Å². The summed E-state index contributed by atoms with van der Waals surface area (Å²) in [7, 11) is 1.93. The Hall–Kier alpha value is -1.25. The molecule has 0 aromatic heterocycles. The van der Waals surface area contributed by atoms with E-state index < -0.39 is 0 Å². The Morgan fingerprint density at radius 1 is 1.53 bits per heavy atom. The summed E-state index contributed by atoms with van der Waals surface area (Å²) in [6, 6.07) is 0. The lowest BCUT2D eigenvalue weighted by Gasteiger charge is -2.22. The Bertz CT molecular complexity index is 340. The van der Waals surface area contributed by atoms with Crippen LogP contribution in [0.15, 0.2) is 24.1 Å². The summed E-state index contributed by atoms with van der Waals surface area (Å²) in [5, 5.41) is 0. The zero-order chi connectivity index (χ0) is 13.1. The Labute approximate surface area is 104 Å². The number of ketones is 1. The average molecular weight is 237 g/mol. The largest absolute Gasteiger partial charge is 0.487 e. The first kappa shape index (κ1) is 13.8. The molecule has 17 heavy (non-hydrogen) atoms. The molecule has 0 spiro atoms. The van der Waals surface area contributed by atoms with Gasteiger partial charge in [0.25, 0.3) is 0 Å². The monoisotopic (exact) mass is 237 g/mol. The van der Waals surface area contributed by atoms with Gasteiger partial charge in [0.2, 0.25) is 0 Å². The molecule has 0 aliphatic heterocycles. The van der Waals surface area contributed by atoms with E-state index in [0.29, 0.717) is 12.4 Å². The van der Waals surface area contributed by atoms with Crippen molar-refractivity contribution in [1.82, 2.24) is 4.90 Å². The molecule has 0 radical (unpaired) electrons. The summed E-state index contributed by atoms with van der Waals surface area (Å²) >= 11 is 0. The van der Waals surface area contributed by atoms with Crippen molar-refractivity contribution >= 4 is 5.78 Å². The first-order valence-corrected chi connectivity index (χ1v) is 6.15. The Morgan fingerprint density at radius 2 is 2.12 bits per heavy atom. The van der Waals surface area contributed by atoms with Crippen LogP contribution in [0.2, 0.25) is 0 Å². The number of hydrogen-bond acceptors (Lipinski definition) is 3. The maximum atomic E-state index is 11.6. The second-order valence-electron chi connectivity index (χ2n) is 5.09. The summed E-state index contributed by atoms with van der Waals surface area (Å²) < 4.78 is 5.72. The van der Waals surface area contributed by atoms with Gasteiger partial charge in [0.05, 0.1) is 12.3 Å². The summed E-state index contributed by atoms with van der Waals surface area (Å²) in [5.41, 5.74) is 1.06. The predicted octanol–water partition coefficient (Wildman–Crippen LogP) is 2.74. The number of Topliss-reactive ketones (excluding diaryl/α,β-unsaturated/α-hetero) is 1. The Balaban J connectivity index is 2.83. The van der Waals surface area contributed by atoms with Crippen molar-refractivity contribution in [3.63, 3.8) is 0 Å². The lowest BCUT2D eigenvalue weighted by molar-refractivity contribution is -0.117. The van der Waals surface area contributed by atoms with E-state index in [2.05, 4.69) is 13.5 Å². The average Bonchev–Trinajstić information content (AvgIpc) is 3.01. The minimum absolute atomic E-state index is 0.0375. The van der Waals surface area contributed by atoms with Crippen LogP contribution >= 0.6 is 0 Å². The minimum atomic E-state index is -0.0375. The van der Waals surface area contributed by atoms with Crippen molar-refractivity contribution in [2.75, 3.05) is 20.2 Å². The topological polar surface area (TPSA) is 29.5 Å². The zero-order valence-corrected chi connectivity index (χ0v) is 11.4. The third-order valence-corrected chi connectivity index (χ3v) is 3.30. The number of allylic oxidation sites excluding steroid dienone is 2. The van der Waals surface area contributed by atoms with Crippen LogP contribution in [0.5, 0.6) is 0 Å². The van der Waals surface area contributed by atoms with E-state index in [1.54, 1.807) is 6.08 Å².